The van der Waals surface area contributed by atoms with Crippen molar-refractivity contribution in [1.29, 1.82) is 0 Å². The summed E-state index contributed by atoms with van der Waals surface area (Å²) in [5.41, 5.74) is 13.6. The Bertz CT molecular complexity index is 408. The van der Waals surface area contributed by atoms with Gasteiger partial charge in [-0.3, -0.25) is 0 Å². The van der Waals surface area contributed by atoms with Gasteiger partial charge in [-0.2, -0.15) is 0 Å². The lowest BCUT2D eigenvalue weighted by Gasteiger charge is -2.08. The molecule has 0 spiro atoms. The molecule has 78 valence electrons. The van der Waals surface area contributed by atoms with Gasteiger partial charge in [0.15, 0.2) is 0 Å². The first-order valence-electron chi connectivity index (χ1n) is 4.75. The fourth-order valence-electron chi connectivity index (χ4n) is 1.41. The average molecular weight is 219 g/mol. The van der Waals surface area contributed by atoms with Crippen molar-refractivity contribution in [3.8, 4) is 0 Å². The second kappa shape index (κ2) is 4.42. The van der Waals surface area contributed by atoms with E-state index in [1.165, 1.54) is 5.56 Å². The molecule has 2 aromatic rings. The lowest BCUT2D eigenvalue weighted by molar-refractivity contribution is 0.715. The predicted octanol–water partition coefficient (Wildman–Crippen LogP) is 1.97. The van der Waals surface area contributed by atoms with Crippen molar-refractivity contribution in [2.75, 3.05) is 5.73 Å². The number of nitrogen functional groups attached to an aromatic ring is 1. The zero-order chi connectivity index (χ0) is 10.7. The topological polar surface area (TPSA) is 64.9 Å². The Morgan fingerprint density at radius 3 is 2.60 bits per heavy atom. The second-order valence-electron chi connectivity index (χ2n) is 3.42. The molecule has 1 aromatic carbocycles. The van der Waals surface area contributed by atoms with Crippen LogP contribution in [0, 0.1) is 0 Å². The minimum Gasteiger partial charge on any atom is -0.399 e. The molecule has 0 bridgehead atoms. The monoisotopic (exact) mass is 219 g/mol. The SMILES string of the molecule is Nc1ccc(CC(N)c2nccs2)cc1. The molecule has 1 unspecified atom stereocenters. The number of benzene rings is 1. The first kappa shape index (κ1) is 10.1. The van der Waals surface area contributed by atoms with Gasteiger partial charge >= 0.3 is 0 Å². The number of anilines is 1. The van der Waals surface area contributed by atoms with Gasteiger partial charge in [-0.1, -0.05) is 12.1 Å². The normalized spacial score (nSPS) is 12.6. The third kappa shape index (κ3) is 2.55. The summed E-state index contributed by atoms with van der Waals surface area (Å²) in [6, 6.07) is 7.77. The van der Waals surface area contributed by atoms with Crippen molar-refractivity contribution in [3.05, 3.63) is 46.4 Å². The van der Waals surface area contributed by atoms with Crippen LogP contribution < -0.4 is 11.5 Å². The van der Waals surface area contributed by atoms with Gasteiger partial charge in [-0.05, 0) is 24.1 Å². The number of rotatable bonds is 3. The lowest BCUT2D eigenvalue weighted by Crippen LogP contribution is -2.12. The maximum Gasteiger partial charge on any atom is 0.110 e. The van der Waals surface area contributed by atoms with Gasteiger partial charge < -0.3 is 11.5 Å². The van der Waals surface area contributed by atoms with Crippen LogP contribution in [0.1, 0.15) is 16.6 Å². The summed E-state index contributed by atoms with van der Waals surface area (Å²) in [5, 5.41) is 2.92. The Hall–Kier alpha value is -1.39. The molecular weight excluding hydrogens is 206 g/mol. The van der Waals surface area contributed by atoms with Crippen molar-refractivity contribution >= 4 is 17.0 Å². The van der Waals surface area contributed by atoms with Crippen molar-refractivity contribution in [2.24, 2.45) is 5.73 Å². The maximum absolute atomic E-state index is 6.03. The highest BCUT2D eigenvalue weighted by atomic mass is 32.1. The van der Waals surface area contributed by atoms with Crippen molar-refractivity contribution in [2.45, 2.75) is 12.5 Å². The molecule has 4 heteroatoms. The van der Waals surface area contributed by atoms with E-state index in [0.717, 1.165) is 17.1 Å². The summed E-state index contributed by atoms with van der Waals surface area (Å²) in [4.78, 5) is 4.20. The molecule has 15 heavy (non-hydrogen) atoms. The van der Waals surface area contributed by atoms with Crippen LogP contribution in [0.25, 0.3) is 0 Å². The molecule has 0 aliphatic carbocycles. The summed E-state index contributed by atoms with van der Waals surface area (Å²) in [5.74, 6) is 0. The zero-order valence-electron chi connectivity index (χ0n) is 8.26. The highest BCUT2D eigenvalue weighted by Gasteiger charge is 2.08. The Morgan fingerprint density at radius 2 is 2.00 bits per heavy atom. The van der Waals surface area contributed by atoms with Gasteiger partial charge in [0, 0.05) is 17.3 Å². The standard InChI is InChI=1S/C11H13N3S/c12-9-3-1-8(2-4-9)7-10(13)11-14-5-6-15-11/h1-6,10H,7,12-13H2. The summed E-state index contributed by atoms with van der Waals surface area (Å²) in [6.45, 7) is 0. The summed E-state index contributed by atoms with van der Waals surface area (Å²) >= 11 is 1.59. The van der Waals surface area contributed by atoms with Crippen LogP contribution in [0.15, 0.2) is 35.8 Å². The lowest BCUT2D eigenvalue weighted by atomic mass is 10.1. The van der Waals surface area contributed by atoms with E-state index >= 15 is 0 Å². The molecule has 1 atom stereocenters. The third-order valence-corrected chi connectivity index (χ3v) is 3.11. The van der Waals surface area contributed by atoms with E-state index in [4.69, 9.17) is 11.5 Å². The van der Waals surface area contributed by atoms with Crippen LogP contribution in [-0.4, -0.2) is 4.98 Å². The van der Waals surface area contributed by atoms with E-state index in [-0.39, 0.29) is 6.04 Å². The minimum atomic E-state index is -0.0198. The molecule has 0 aliphatic rings. The molecule has 0 fully saturated rings. The number of aromatic nitrogens is 1. The van der Waals surface area contributed by atoms with E-state index in [2.05, 4.69) is 4.98 Å². The number of hydrogen-bond donors (Lipinski definition) is 2. The summed E-state index contributed by atoms with van der Waals surface area (Å²) in [7, 11) is 0. The molecule has 0 amide bonds. The van der Waals surface area contributed by atoms with Crippen molar-refractivity contribution < 1.29 is 0 Å². The van der Waals surface area contributed by atoms with Crippen molar-refractivity contribution in [3.63, 3.8) is 0 Å². The first-order valence-corrected chi connectivity index (χ1v) is 5.63. The van der Waals surface area contributed by atoms with Crippen LogP contribution in [0.5, 0.6) is 0 Å². The van der Waals surface area contributed by atoms with Crippen LogP contribution in [0.3, 0.4) is 0 Å². The van der Waals surface area contributed by atoms with Gasteiger partial charge in [0.05, 0.1) is 6.04 Å². The quantitative estimate of drug-likeness (QED) is 0.776. The molecule has 0 saturated carbocycles. The van der Waals surface area contributed by atoms with Crippen LogP contribution in [-0.2, 0) is 6.42 Å². The van der Waals surface area contributed by atoms with Gasteiger partial charge in [0.2, 0.25) is 0 Å². The van der Waals surface area contributed by atoms with E-state index in [1.54, 1.807) is 17.5 Å². The Morgan fingerprint density at radius 1 is 1.27 bits per heavy atom. The van der Waals surface area contributed by atoms with Crippen LogP contribution in [0.4, 0.5) is 5.69 Å². The Balaban J connectivity index is 2.06. The highest BCUT2D eigenvalue weighted by molar-refractivity contribution is 7.09. The molecule has 0 saturated heterocycles. The first-order chi connectivity index (χ1) is 7.25. The molecular formula is C11H13N3S. The number of nitrogens with zero attached hydrogens (tertiary/aromatic N) is 1. The number of hydrogen-bond acceptors (Lipinski definition) is 4. The number of thiazole rings is 1. The molecule has 0 radical (unpaired) electrons. The fourth-order valence-corrected chi connectivity index (χ4v) is 2.05. The Kier molecular flexibility index (Phi) is 2.99. The van der Waals surface area contributed by atoms with E-state index < -0.39 is 0 Å². The predicted molar refractivity (Wildman–Crippen MR) is 63.6 cm³/mol. The van der Waals surface area contributed by atoms with E-state index in [1.807, 2.05) is 29.6 Å². The summed E-state index contributed by atoms with van der Waals surface area (Å²) in [6.07, 6.45) is 2.58. The third-order valence-electron chi connectivity index (χ3n) is 2.20. The van der Waals surface area contributed by atoms with Crippen LogP contribution in [0.2, 0.25) is 0 Å². The fraction of sp³-hybridized carbons (Fsp3) is 0.182. The average Bonchev–Trinajstić information content (AvgIpc) is 2.74. The smallest absolute Gasteiger partial charge is 0.110 e. The molecule has 4 N–H and O–H groups in total. The molecule has 1 heterocycles. The summed E-state index contributed by atoms with van der Waals surface area (Å²) < 4.78 is 0. The number of nitrogens with two attached hydrogens (primary N) is 2. The van der Waals surface area contributed by atoms with Gasteiger partial charge in [0.25, 0.3) is 0 Å². The second-order valence-corrected chi connectivity index (χ2v) is 4.35. The van der Waals surface area contributed by atoms with Crippen molar-refractivity contribution in [1.82, 2.24) is 4.98 Å². The van der Waals surface area contributed by atoms with Gasteiger partial charge in [-0.25, -0.2) is 4.98 Å². The van der Waals surface area contributed by atoms with Crippen LogP contribution >= 0.6 is 11.3 Å². The molecule has 2 rings (SSSR count). The molecule has 0 aliphatic heterocycles. The Labute approximate surface area is 92.8 Å². The zero-order valence-corrected chi connectivity index (χ0v) is 9.08. The molecule has 3 nitrogen and oxygen atoms in total. The van der Waals surface area contributed by atoms with Gasteiger partial charge in [0.1, 0.15) is 5.01 Å². The van der Waals surface area contributed by atoms with Gasteiger partial charge in [-0.15, -0.1) is 11.3 Å². The minimum absolute atomic E-state index is 0.0198. The van der Waals surface area contributed by atoms with E-state index in [0.29, 0.717) is 0 Å². The largest absolute Gasteiger partial charge is 0.399 e. The maximum atomic E-state index is 6.03. The molecule has 1 aromatic heterocycles. The highest BCUT2D eigenvalue weighted by Crippen LogP contribution is 2.18. The van der Waals surface area contributed by atoms with E-state index in [9.17, 15) is 0 Å².